The maximum absolute atomic E-state index is 12.4. The van der Waals surface area contributed by atoms with Crippen LogP contribution in [-0.4, -0.2) is 10.1 Å². The van der Waals surface area contributed by atoms with Gasteiger partial charge in [0.25, 0.3) is 0 Å². The number of aliphatic hydroxyl groups excluding tert-OH is 1. The van der Waals surface area contributed by atoms with Crippen molar-refractivity contribution < 1.29 is 18.3 Å². The zero-order valence-electron chi connectivity index (χ0n) is 8.78. The topological polar surface area (TPSA) is 33.1 Å². The number of alkyl halides is 3. The molecule has 1 aromatic heterocycles. The Bertz CT molecular complexity index is 555. The largest absolute Gasteiger partial charge is 0.443 e. The minimum Gasteiger partial charge on any atom is -0.383 e. The molecule has 0 aliphatic carbocycles. The summed E-state index contributed by atoms with van der Waals surface area (Å²) in [4.78, 5) is 3.36. The van der Waals surface area contributed by atoms with E-state index in [1.165, 1.54) is 0 Å². The number of hydrogen-bond donors (Lipinski definition) is 1. The van der Waals surface area contributed by atoms with E-state index in [0.29, 0.717) is 21.9 Å². The molecule has 0 spiro atoms. The summed E-state index contributed by atoms with van der Waals surface area (Å²) in [6.07, 6.45) is -4.68. The highest BCUT2D eigenvalue weighted by molar-refractivity contribution is 7.11. The van der Waals surface area contributed by atoms with E-state index in [9.17, 15) is 18.3 Å². The van der Waals surface area contributed by atoms with Crippen molar-refractivity contribution in [3.05, 3.63) is 50.9 Å². The number of halogens is 4. The molecule has 0 fully saturated rings. The van der Waals surface area contributed by atoms with E-state index in [4.69, 9.17) is 11.6 Å². The van der Waals surface area contributed by atoms with Crippen molar-refractivity contribution >= 4 is 22.9 Å². The number of aliphatic hydroxyl groups is 1. The standard InChI is InChI=1S/C11H7ClF3NOS/c12-7-4-2-1-3-6(7)9(17)8-5-16-10(18-8)11(13,14)15/h1-5,9,17H. The Balaban J connectivity index is 2.33. The lowest BCUT2D eigenvalue weighted by molar-refractivity contribution is -0.137. The third-order valence-electron chi connectivity index (χ3n) is 2.24. The lowest BCUT2D eigenvalue weighted by atomic mass is 10.1. The molecule has 0 radical (unpaired) electrons. The average molecular weight is 294 g/mol. The van der Waals surface area contributed by atoms with Gasteiger partial charge in [-0.3, -0.25) is 0 Å². The molecule has 0 bridgehead atoms. The summed E-state index contributed by atoms with van der Waals surface area (Å²) in [5, 5.41) is 9.29. The van der Waals surface area contributed by atoms with Gasteiger partial charge in [0.15, 0.2) is 5.01 Å². The lowest BCUT2D eigenvalue weighted by Gasteiger charge is -2.09. The van der Waals surface area contributed by atoms with E-state index in [2.05, 4.69) is 4.98 Å². The molecule has 1 atom stereocenters. The molecule has 0 aliphatic rings. The van der Waals surface area contributed by atoms with Crippen molar-refractivity contribution in [2.24, 2.45) is 0 Å². The third kappa shape index (κ3) is 2.66. The Kier molecular flexibility index (Phi) is 3.61. The van der Waals surface area contributed by atoms with Crippen molar-refractivity contribution in [2.45, 2.75) is 12.3 Å². The summed E-state index contributed by atoms with van der Waals surface area (Å²) in [7, 11) is 0. The number of benzene rings is 1. The van der Waals surface area contributed by atoms with Crippen LogP contribution in [0.2, 0.25) is 5.02 Å². The molecule has 0 saturated carbocycles. The van der Waals surface area contributed by atoms with Crippen molar-refractivity contribution in [3.8, 4) is 0 Å². The van der Waals surface area contributed by atoms with E-state index >= 15 is 0 Å². The number of nitrogens with zero attached hydrogens (tertiary/aromatic N) is 1. The van der Waals surface area contributed by atoms with Gasteiger partial charge < -0.3 is 5.11 Å². The molecule has 18 heavy (non-hydrogen) atoms. The molecule has 1 N–H and O–H groups in total. The van der Waals surface area contributed by atoms with Crippen LogP contribution in [0.25, 0.3) is 0 Å². The van der Waals surface area contributed by atoms with E-state index < -0.39 is 17.3 Å². The maximum atomic E-state index is 12.4. The van der Waals surface area contributed by atoms with Crippen LogP contribution in [0, 0.1) is 0 Å². The molecule has 0 amide bonds. The first kappa shape index (κ1) is 13.3. The first-order valence-electron chi connectivity index (χ1n) is 4.85. The number of hydrogen-bond acceptors (Lipinski definition) is 3. The van der Waals surface area contributed by atoms with Crippen LogP contribution in [-0.2, 0) is 6.18 Å². The van der Waals surface area contributed by atoms with Gasteiger partial charge in [-0.15, -0.1) is 11.3 Å². The molecule has 2 nitrogen and oxygen atoms in total. The second kappa shape index (κ2) is 4.87. The fraction of sp³-hybridized carbons (Fsp3) is 0.182. The van der Waals surface area contributed by atoms with Gasteiger partial charge >= 0.3 is 6.18 Å². The van der Waals surface area contributed by atoms with Crippen LogP contribution in [0.5, 0.6) is 0 Å². The quantitative estimate of drug-likeness (QED) is 0.911. The molecular formula is C11H7ClF3NOS. The second-order valence-corrected chi connectivity index (χ2v) is 4.96. The molecule has 2 rings (SSSR count). The molecule has 2 aromatic rings. The van der Waals surface area contributed by atoms with E-state index in [1.807, 2.05) is 0 Å². The molecule has 1 aromatic carbocycles. The lowest BCUT2D eigenvalue weighted by Crippen LogP contribution is -2.03. The van der Waals surface area contributed by atoms with Crippen LogP contribution >= 0.6 is 22.9 Å². The van der Waals surface area contributed by atoms with Crippen LogP contribution in [0.15, 0.2) is 30.5 Å². The van der Waals surface area contributed by atoms with Crippen molar-refractivity contribution in [2.75, 3.05) is 0 Å². The second-order valence-electron chi connectivity index (χ2n) is 3.49. The summed E-state index contributed by atoms with van der Waals surface area (Å²) < 4.78 is 37.2. The van der Waals surface area contributed by atoms with Gasteiger partial charge in [0.1, 0.15) is 6.10 Å². The zero-order valence-corrected chi connectivity index (χ0v) is 10.4. The zero-order chi connectivity index (χ0) is 13.3. The Hall–Kier alpha value is -1.11. The Morgan fingerprint density at radius 3 is 2.50 bits per heavy atom. The minimum atomic E-state index is -4.50. The monoisotopic (exact) mass is 293 g/mol. The highest BCUT2D eigenvalue weighted by Crippen LogP contribution is 2.37. The summed E-state index contributed by atoms with van der Waals surface area (Å²) in [5.41, 5.74) is 0.358. The fourth-order valence-electron chi connectivity index (χ4n) is 1.39. The van der Waals surface area contributed by atoms with Gasteiger partial charge in [0.2, 0.25) is 0 Å². The van der Waals surface area contributed by atoms with Gasteiger partial charge in [-0.2, -0.15) is 13.2 Å². The fourth-order valence-corrected chi connectivity index (χ4v) is 2.42. The van der Waals surface area contributed by atoms with E-state index in [0.717, 1.165) is 6.20 Å². The Labute approximate surface area is 110 Å². The van der Waals surface area contributed by atoms with Crippen LogP contribution in [0.1, 0.15) is 21.6 Å². The van der Waals surface area contributed by atoms with E-state index in [1.54, 1.807) is 24.3 Å². The smallest absolute Gasteiger partial charge is 0.383 e. The number of rotatable bonds is 2. The Morgan fingerprint density at radius 2 is 1.94 bits per heavy atom. The summed E-state index contributed by atoms with van der Waals surface area (Å²) in [5.74, 6) is 0. The van der Waals surface area contributed by atoms with E-state index in [-0.39, 0.29) is 4.88 Å². The van der Waals surface area contributed by atoms with Crippen molar-refractivity contribution in [1.29, 1.82) is 0 Å². The Morgan fingerprint density at radius 1 is 1.28 bits per heavy atom. The van der Waals surface area contributed by atoms with Crippen LogP contribution in [0.4, 0.5) is 13.2 Å². The highest BCUT2D eigenvalue weighted by atomic mass is 35.5. The van der Waals surface area contributed by atoms with Gasteiger partial charge in [0, 0.05) is 16.8 Å². The minimum absolute atomic E-state index is 0.107. The van der Waals surface area contributed by atoms with Crippen LogP contribution < -0.4 is 0 Å². The van der Waals surface area contributed by atoms with Gasteiger partial charge in [-0.05, 0) is 6.07 Å². The maximum Gasteiger partial charge on any atom is 0.443 e. The summed E-state index contributed by atoms with van der Waals surface area (Å²) >= 11 is 6.27. The molecular weight excluding hydrogens is 287 g/mol. The first-order valence-corrected chi connectivity index (χ1v) is 6.04. The van der Waals surface area contributed by atoms with Crippen LogP contribution in [0.3, 0.4) is 0 Å². The van der Waals surface area contributed by atoms with Gasteiger partial charge in [-0.1, -0.05) is 29.8 Å². The summed E-state index contributed by atoms with van der Waals surface area (Å²) in [6, 6.07) is 6.44. The SMILES string of the molecule is OC(c1cnc(C(F)(F)F)s1)c1ccccc1Cl. The number of thiazole rings is 1. The molecule has 0 saturated heterocycles. The van der Waals surface area contributed by atoms with Gasteiger partial charge in [-0.25, -0.2) is 4.98 Å². The molecule has 1 unspecified atom stereocenters. The highest BCUT2D eigenvalue weighted by Gasteiger charge is 2.35. The number of aromatic nitrogens is 1. The van der Waals surface area contributed by atoms with Gasteiger partial charge in [0.05, 0.1) is 4.88 Å². The summed E-state index contributed by atoms with van der Waals surface area (Å²) in [6.45, 7) is 0. The first-order chi connectivity index (χ1) is 8.39. The molecule has 96 valence electrons. The predicted molar refractivity (Wildman–Crippen MR) is 62.6 cm³/mol. The molecule has 0 aliphatic heterocycles. The molecule has 1 heterocycles. The van der Waals surface area contributed by atoms with Crippen molar-refractivity contribution in [3.63, 3.8) is 0 Å². The predicted octanol–water partition coefficient (Wildman–Crippen LogP) is 3.90. The normalized spacial score (nSPS) is 13.6. The average Bonchev–Trinajstić information content (AvgIpc) is 2.77. The van der Waals surface area contributed by atoms with Crippen molar-refractivity contribution in [1.82, 2.24) is 4.98 Å². The third-order valence-corrected chi connectivity index (χ3v) is 3.67. The molecule has 7 heteroatoms.